The van der Waals surface area contributed by atoms with E-state index in [-0.39, 0.29) is 6.10 Å². The monoisotopic (exact) mass is 306 g/mol. The molecule has 7 atom stereocenters. The molecule has 3 fully saturated rings. The smallest absolute Gasteiger partial charge is 0.0577 e. The Kier molecular flexibility index (Phi) is 3.32. The molecule has 0 unspecified atom stereocenters. The maximum absolute atomic E-state index is 10.0. The van der Waals surface area contributed by atoms with Crippen molar-refractivity contribution in [2.75, 3.05) is 0 Å². The van der Waals surface area contributed by atoms with Gasteiger partial charge in [-0.3, -0.25) is 0 Å². The minimum Gasteiger partial charge on any atom is -0.393 e. The number of thiol groups is 1. The first kappa shape index (κ1) is 14.6. The predicted octanol–water partition coefficient (Wildman–Crippen LogP) is 4.61. The van der Waals surface area contributed by atoms with Gasteiger partial charge < -0.3 is 5.11 Å². The molecule has 0 bridgehead atoms. The van der Waals surface area contributed by atoms with Gasteiger partial charge in [0.15, 0.2) is 0 Å². The zero-order valence-corrected chi connectivity index (χ0v) is 14.4. The maximum Gasteiger partial charge on any atom is 0.0577 e. The van der Waals surface area contributed by atoms with Crippen LogP contribution in [0.1, 0.15) is 65.2 Å². The van der Waals surface area contributed by atoms with Crippen LogP contribution in [-0.4, -0.2) is 16.5 Å². The van der Waals surface area contributed by atoms with Gasteiger partial charge in [0.2, 0.25) is 0 Å². The van der Waals surface area contributed by atoms with Gasteiger partial charge in [0.05, 0.1) is 6.10 Å². The average Bonchev–Trinajstić information content (AvgIpc) is 2.76. The number of fused-ring (bicyclic) bond motifs is 5. The van der Waals surface area contributed by atoms with Gasteiger partial charge in [0.1, 0.15) is 0 Å². The van der Waals surface area contributed by atoms with E-state index in [4.69, 9.17) is 12.6 Å². The normalized spacial score (nSPS) is 56.2. The second-order valence-corrected chi connectivity index (χ2v) is 9.42. The minimum absolute atomic E-state index is 0.0805. The molecule has 0 spiro atoms. The second-order valence-electron chi connectivity index (χ2n) is 8.79. The summed E-state index contributed by atoms with van der Waals surface area (Å²) in [6.07, 6.45) is 12.3. The van der Waals surface area contributed by atoms with Crippen molar-refractivity contribution in [3.8, 4) is 0 Å². The van der Waals surface area contributed by atoms with E-state index in [0.717, 1.165) is 30.6 Å². The Hall–Kier alpha value is 0.0500. The van der Waals surface area contributed by atoms with Gasteiger partial charge in [0.25, 0.3) is 0 Å². The lowest BCUT2D eigenvalue weighted by molar-refractivity contribution is -0.0345. The van der Waals surface area contributed by atoms with Crippen molar-refractivity contribution in [2.45, 2.75) is 76.6 Å². The summed E-state index contributed by atoms with van der Waals surface area (Å²) in [4.78, 5) is 0. The largest absolute Gasteiger partial charge is 0.393 e. The molecule has 4 aliphatic carbocycles. The van der Waals surface area contributed by atoms with E-state index < -0.39 is 0 Å². The molecule has 118 valence electrons. The van der Waals surface area contributed by atoms with Crippen LogP contribution in [-0.2, 0) is 0 Å². The number of aliphatic hydroxyl groups is 1. The third-order valence-electron chi connectivity index (χ3n) is 8.03. The first-order chi connectivity index (χ1) is 9.95. The third kappa shape index (κ3) is 1.94. The van der Waals surface area contributed by atoms with Crippen molar-refractivity contribution in [1.82, 2.24) is 0 Å². The summed E-state index contributed by atoms with van der Waals surface area (Å²) in [5.41, 5.74) is 2.46. The molecule has 0 amide bonds. The number of hydrogen-bond acceptors (Lipinski definition) is 2. The quantitative estimate of drug-likeness (QED) is 0.495. The molecule has 0 aromatic heterocycles. The Morgan fingerprint density at radius 1 is 1.10 bits per heavy atom. The van der Waals surface area contributed by atoms with Crippen LogP contribution in [0.2, 0.25) is 0 Å². The van der Waals surface area contributed by atoms with Crippen molar-refractivity contribution < 1.29 is 5.11 Å². The molecule has 0 heterocycles. The number of hydrogen-bond donors (Lipinski definition) is 2. The van der Waals surface area contributed by atoms with Crippen molar-refractivity contribution >= 4 is 12.6 Å². The fourth-order valence-corrected chi connectivity index (χ4v) is 7.08. The highest BCUT2D eigenvalue weighted by molar-refractivity contribution is 7.81. The van der Waals surface area contributed by atoms with Crippen LogP contribution >= 0.6 is 12.6 Å². The van der Waals surface area contributed by atoms with E-state index in [9.17, 15) is 5.11 Å². The fourth-order valence-electron chi connectivity index (χ4n) is 6.61. The zero-order valence-electron chi connectivity index (χ0n) is 13.5. The first-order valence-corrected chi connectivity index (χ1v) is 9.52. The Morgan fingerprint density at radius 3 is 2.71 bits per heavy atom. The third-order valence-corrected chi connectivity index (χ3v) is 8.88. The topological polar surface area (TPSA) is 20.2 Å². The summed E-state index contributed by atoms with van der Waals surface area (Å²) in [5.74, 6) is 2.63. The van der Waals surface area contributed by atoms with Gasteiger partial charge in [-0.2, -0.15) is 12.6 Å². The van der Waals surface area contributed by atoms with Gasteiger partial charge in [-0.15, -0.1) is 0 Å². The molecule has 1 N–H and O–H groups in total. The van der Waals surface area contributed by atoms with Crippen LogP contribution in [0, 0.1) is 28.6 Å². The van der Waals surface area contributed by atoms with Crippen molar-refractivity contribution in [2.24, 2.45) is 28.6 Å². The highest BCUT2D eigenvalue weighted by Crippen LogP contribution is 2.65. The molecule has 21 heavy (non-hydrogen) atoms. The van der Waals surface area contributed by atoms with Crippen LogP contribution in [0.15, 0.2) is 11.6 Å². The summed E-state index contributed by atoms with van der Waals surface area (Å²) < 4.78 is 0. The number of rotatable bonds is 0. The Morgan fingerprint density at radius 2 is 1.90 bits per heavy atom. The van der Waals surface area contributed by atoms with Crippen LogP contribution in [0.3, 0.4) is 0 Å². The molecule has 1 nitrogen and oxygen atoms in total. The summed E-state index contributed by atoms with van der Waals surface area (Å²) in [6, 6.07) is 0. The van der Waals surface area contributed by atoms with Crippen LogP contribution in [0.5, 0.6) is 0 Å². The molecule has 0 aromatic carbocycles. The van der Waals surface area contributed by atoms with E-state index in [1.54, 1.807) is 5.57 Å². The molecular weight excluding hydrogens is 276 g/mol. The highest BCUT2D eigenvalue weighted by atomic mass is 32.1. The fraction of sp³-hybridized carbons (Fsp3) is 0.895. The Balaban J connectivity index is 1.68. The molecule has 0 radical (unpaired) electrons. The standard InChI is InChI=1S/C19H30OS/c1-18-9-7-13(20)11-12(18)3-4-14-15-5-6-17(21)19(15,2)10-8-16(14)18/h3,13-17,20-21H,4-11H2,1-2H3/t13-,14-,15-,16-,17-,18-,19-/m0/s1. The Bertz CT molecular complexity index is 472. The molecule has 0 aromatic rings. The number of aliphatic hydroxyl groups excluding tert-OH is 1. The zero-order chi connectivity index (χ0) is 14.8. The van der Waals surface area contributed by atoms with Gasteiger partial charge in [-0.1, -0.05) is 25.5 Å². The molecule has 4 aliphatic rings. The minimum atomic E-state index is -0.0805. The average molecular weight is 307 g/mol. The van der Waals surface area contributed by atoms with E-state index in [1.807, 2.05) is 0 Å². The van der Waals surface area contributed by atoms with Crippen LogP contribution in [0.25, 0.3) is 0 Å². The van der Waals surface area contributed by atoms with Gasteiger partial charge in [0, 0.05) is 5.25 Å². The number of allylic oxidation sites excluding steroid dienone is 1. The summed E-state index contributed by atoms with van der Waals surface area (Å²) in [6.45, 7) is 5.03. The second kappa shape index (κ2) is 4.77. The van der Waals surface area contributed by atoms with Gasteiger partial charge in [-0.05, 0) is 80.0 Å². The van der Waals surface area contributed by atoms with Crippen molar-refractivity contribution in [3.63, 3.8) is 0 Å². The molecule has 3 saturated carbocycles. The lowest BCUT2D eigenvalue weighted by Gasteiger charge is -2.57. The summed E-state index contributed by atoms with van der Waals surface area (Å²) in [5, 5.41) is 10.7. The lowest BCUT2D eigenvalue weighted by Crippen LogP contribution is -2.50. The summed E-state index contributed by atoms with van der Waals surface area (Å²) in [7, 11) is 0. The van der Waals surface area contributed by atoms with E-state index in [2.05, 4.69) is 19.9 Å². The molecular formula is C19H30OS. The highest BCUT2D eigenvalue weighted by Gasteiger charge is 2.57. The predicted molar refractivity (Wildman–Crippen MR) is 90.5 cm³/mol. The van der Waals surface area contributed by atoms with Crippen molar-refractivity contribution in [3.05, 3.63) is 11.6 Å². The lowest BCUT2D eigenvalue weighted by atomic mass is 9.48. The van der Waals surface area contributed by atoms with E-state index in [0.29, 0.717) is 16.1 Å². The molecule has 0 aliphatic heterocycles. The molecule has 2 heteroatoms. The van der Waals surface area contributed by atoms with Crippen LogP contribution in [0.4, 0.5) is 0 Å². The SMILES string of the molecule is C[C@]12CC[C@H]3[C@@H](CC=C4C[C@@H](O)CC[C@@]43C)[C@@H]1CC[C@@H]2S. The van der Waals surface area contributed by atoms with Crippen LogP contribution < -0.4 is 0 Å². The van der Waals surface area contributed by atoms with E-state index >= 15 is 0 Å². The Labute approximate surface area is 135 Å². The maximum atomic E-state index is 10.0. The summed E-state index contributed by atoms with van der Waals surface area (Å²) >= 11 is 4.93. The van der Waals surface area contributed by atoms with Gasteiger partial charge in [-0.25, -0.2) is 0 Å². The van der Waals surface area contributed by atoms with Crippen molar-refractivity contribution in [1.29, 1.82) is 0 Å². The molecule has 0 saturated heterocycles. The first-order valence-electron chi connectivity index (χ1n) is 9.01. The van der Waals surface area contributed by atoms with Gasteiger partial charge >= 0.3 is 0 Å². The molecule has 4 rings (SSSR count). The van der Waals surface area contributed by atoms with E-state index in [1.165, 1.54) is 38.5 Å².